The first-order valence-corrected chi connectivity index (χ1v) is 9.75. The van der Waals surface area contributed by atoms with Gasteiger partial charge in [0.25, 0.3) is 5.91 Å². The molecular weight excluding hydrogens is 346 g/mol. The Morgan fingerprint density at radius 1 is 1.08 bits per heavy atom. The number of hydrogen-bond donors (Lipinski definition) is 0. The van der Waals surface area contributed by atoms with Crippen LogP contribution >= 0.6 is 11.3 Å². The third-order valence-corrected chi connectivity index (χ3v) is 6.15. The van der Waals surface area contributed by atoms with Gasteiger partial charge in [0.05, 0.1) is 16.8 Å². The highest BCUT2D eigenvalue weighted by atomic mass is 32.1. The van der Waals surface area contributed by atoms with E-state index in [0.29, 0.717) is 6.61 Å². The monoisotopic (exact) mass is 365 g/mol. The summed E-state index contributed by atoms with van der Waals surface area (Å²) in [5, 5.41) is 1.05. The Morgan fingerprint density at radius 2 is 1.92 bits per heavy atom. The summed E-state index contributed by atoms with van der Waals surface area (Å²) in [4.78, 5) is 21.8. The fourth-order valence-electron chi connectivity index (χ4n) is 3.60. The number of aromatic nitrogens is 1. The first kappa shape index (κ1) is 15.6. The van der Waals surface area contributed by atoms with Crippen LogP contribution in [0.15, 0.2) is 42.5 Å². The minimum atomic E-state index is 0.114. The molecule has 3 heterocycles. The van der Waals surface area contributed by atoms with Crippen molar-refractivity contribution in [3.63, 3.8) is 0 Å². The van der Waals surface area contributed by atoms with E-state index >= 15 is 0 Å². The Morgan fingerprint density at radius 3 is 2.77 bits per heavy atom. The van der Waals surface area contributed by atoms with Crippen molar-refractivity contribution in [3.05, 3.63) is 53.6 Å². The quantitative estimate of drug-likeness (QED) is 0.700. The van der Waals surface area contributed by atoms with Gasteiger partial charge >= 0.3 is 0 Å². The molecule has 1 aromatic heterocycles. The molecule has 2 aliphatic rings. The fraction of sp³-hybridized carbons (Fsp3) is 0.300. The number of benzene rings is 2. The molecule has 0 spiro atoms. The molecule has 0 unspecified atom stereocenters. The van der Waals surface area contributed by atoms with Crippen LogP contribution < -0.4 is 9.64 Å². The molecule has 5 nitrogen and oxygen atoms in total. The van der Waals surface area contributed by atoms with Gasteiger partial charge in [-0.1, -0.05) is 23.5 Å². The van der Waals surface area contributed by atoms with Gasteiger partial charge in [0.2, 0.25) is 0 Å². The van der Waals surface area contributed by atoms with Crippen molar-refractivity contribution in [3.8, 4) is 5.75 Å². The number of carbonyl (C=O) groups excluding carboxylic acids is 1. The predicted octanol–water partition coefficient (Wildman–Crippen LogP) is 3.19. The van der Waals surface area contributed by atoms with E-state index in [1.807, 2.05) is 41.3 Å². The van der Waals surface area contributed by atoms with E-state index < -0.39 is 0 Å². The summed E-state index contributed by atoms with van der Waals surface area (Å²) in [5.74, 6) is 1.03. The van der Waals surface area contributed by atoms with E-state index in [1.165, 1.54) is 4.70 Å². The molecule has 0 saturated carbocycles. The molecule has 0 radical (unpaired) electrons. The summed E-state index contributed by atoms with van der Waals surface area (Å²) in [7, 11) is 0. The number of carbonyl (C=O) groups is 1. The van der Waals surface area contributed by atoms with Crippen LogP contribution in [0.3, 0.4) is 0 Å². The lowest BCUT2D eigenvalue weighted by atomic mass is 10.1. The lowest BCUT2D eigenvalue weighted by molar-refractivity contribution is 0.0746. The summed E-state index contributed by atoms with van der Waals surface area (Å²) < 4.78 is 6.74. The van der Waals surface area contributed by atoms with Crippen LogP contribution in [0.2, 0.25) is 0 Å². The highest BCUT2D eigenvalue weighted by Crippen LogP contribution is 2.30. The topological polar surface area (TPSA) is 45.7 Å². The normalized spacial score (nSPS) is 16.6. The largest absolute Gasteiger partial charge is 0.493 e. The minimum absolute atomic E-state index is 0.114. The second kappa shape index (κ2) is 6.29. The molecule has 0 aliphatic carbocycles. The number of piperazine rings is 1. The molecule has 1 fully saturated rings. The lowest BCUT2D eigenvalue weighted by Crippen LogP contribution is -2.48. The standard InChI is InChI=1S/C20H19N3O2S/c24-19(15-5-6-17-14(13-15)7-12-25-17)22-8-10-23(11-9-22)20-21-16-3-1-2-4-18(16)26-20/h1-6,13H,7-12H2. The zero-order valence-corrected chi connectivity index (χ0v) is 15.2. The van der Waals surface area contributed by atoms with E-state index in [0.717, 1.165) is 60.1 Å². The summed E-state index contributed by atoms with van der Waals surface area (Å²) in [6.07, 6.45) is 0.891. The van der Waals surface area contributed by atoms with Crippen molar-refractivity contribution >= 4 is 32.6 Å². The molecule has 0 atom stereocenters. The number of anilines is 1. The van der Waals surface area contributed by atoms with Crippen LogP contribution in [-0.2, 0) is 6.42 Å². The van der Waals surface area contributed by atoms with E-state index in [2.05, 4.69) is 11.0 Å². The first-order valence-electron chi connectivity index (χ1n) is 8.93. The third kappa shape index (κ3) is 2.70. The van der Waals surface area contributed by atoms with Crippen molar-refractivity contribution in [1.82, 2.24) is 9.88 Å². The van der Waals surface area contributed by atoms with Gasteiger partial charge in [0.15, 0.2) is 5.13 Å². The van der Waals surface area contributed by atoms with Crippen molar-refractivity contribution in [2.75, 3.05) is 37.7 Å². The Labute approximate surface area is 155 Å². The van der Waals surface area contributed by atoms with Crippen molar-refractivity contribution in [2.45, 2.75) is 6.42 Å². The van der Waals surface area contributed by atoms with Crippen LogP contribution in [0, 0.1) is 0 Å². The second-order valence-electron chi connectivity index (χ2n) is 6.66. The molecule has 2 aromatic carbocycles. The molecule has 2 aliphatic heterocycles. The van der Waals surface area contributed by atoms with Crippen LogP contribution in [0.4, 0.5) is 5.13 Å². The maximum Gasteiger partial charge on any atom is 0.253 e. The summed E-state index contributed by atoms with van der Waals surface area (Å²) in [5.41, 5.74) is 2.96. The van der Waals surface area contributed by atoms with Crippen LogP contribution in [0.25, 0.3) is 10.2 Å². The Bertz CT molecular complexity index is 943. The van der Waals surface area contributed by atoms with Gasteiger partial charge in [-0.05, 0) is 35.9 Å². The number of para-hydroxylation sites is 1. The lowest BCUT2D eigenvalue weighted by Gasteiger charge is -2.34. The number of fused-ring (bicyclic) bond motifs is 2. The molecule has 26 heavy (non-hydrogen) atoms. The Hall–Kier alpha value is -2.60. The summed E-state index contributed by atoms with van der Waals surface area (Å²) in [6, 6.07) is 14.0. The average molecular weight is 365 g/mol. The van der Waals surface area contributed by atoms with Crippen LogP contribution in [0.5, 0.6) is 5.75 Å². The zero-order chi connectivity index (χ0) is 17.5. The molecule has 0 bridgehead atoms. The van der Waals surface area contributed by atoms with E-state index in [1.54, 1.807) is 11.3 Å². The van der Waals surface area contributed by atoms with Gasteiger partial charge in [-0.2, -0.15) is 0 Å². The molecule has 132 valence electrons. The molecule has 1 saturated heterocycles. The highest BCUT2D eigenvalue weighted by Gasteiger charge is 2.25. The summed E-state index contributed by atoms with van der Waals surface area (Å²) in [6.45, 7) is 3.80. The van der Waals surface area contributed by atoms with Gasteiger partial charge in [-0.25, -0.2) is 4.98 Å². The zero-order valence-electron chi connectivity index (χ0n) is 14.4. The molecule has 1 amide bonds. The number of amides is 1. The molecule has 6 heteroatoms. The smallest absolute Gasteiger partial charge is 0.253 e. The fourth-order valence-corrected chi connectivity index (χ4v) is 4.62. The van der Waals surface area contributed by atoms with Crippen molar-refractivity contribution < 1.29 is 9.53 Å². The number of thiazole rings is 1. The van der Waals surface area contributed by atoms with Gasteiger partial charge in [-0.3, -0.25) is 4.79 Å². The summed E-state index contributed by atoms with van der Waals surface area (Å²) >= 11 is 1.72. The Kier molecular flexibility index (Phi) is 3.78. The Balaban J connectivity index is 1.28. The third-order valence-electron chi connectivity index (χ3n) is 5.06. The molecule has 0 N–H and O–H groups in total. The SMILES string of the molecule is O=C(c1ccc2c(c1)CCO2)N1CCN(c2nc3ccccc3s2)CC1. The van der Waals surface area contributed by atoms with E-state index in [9.17, 15) is 4.79 Å². The van der Waals surface area contributed by atoms with Crippen molar-refractivity contribution in [1.29, 1.82) is 0 Å². The van der Waals surface area contributed by atoms with Crippen LogP contribution in [0.1, 0.15) is 15.9 Å². The van der Waals surface area contributed by atoms with Gasteiger partial charge in [0.1, 0.15) is 5.75 Å². The number of hydrogen-bond acceptors (Lipinski definition) is 5. The minimum Gasteiger partial charge on any atom is -0.493 e. The molecule has 5 rings (SSSR count). The average Bonchev–Trinajstić information content (AvgIpc) is 3.33. The highest BCUT2D eigenvalue weighted by molar-refractivity contribution is 7.22. The van der Waals surface area contributed by atoms with Crippen molar-refractivity contribution in [2.24, 2.45) is 0 Å². The maximum absolute atomic E-state index is 12.8. The predicted molar refractivity (Wildman–Crippen MR) is 103 cm³/mol. The molecular formula is C20H19N3O2S. The number of ether oxygens (including phenoxy) is 1. The van der Waals surface area contributed by atoms with E-state index in [4.69, 9.17) is 9.72 Å². The van der Waals surface area contributed by atoms with Gasteiger partial charge in [-0.15, -0.1) is 0 Å². The number of nitrogens with zero attached hydrogens (tertiary/aromatic N) is 3. The molecule has 3 aromatic rings. The van der Waals surface area contributed by atoms with Crippen LogP contribution in [-0.4, -0.2) is 48.6 Å². The van der Waals surface area contributed by atoms with E-state index in [-0.39, 0.29) is 5.91 Å². The number of rotatable bonds is 2. The maximum atomic E-state index is 12.8. The van der Waals surface area contributed by atoms with Gasteiger partial charge in [0, 0.05) is 38.2 Å². The first-order chi connectivity index (χ1) is 12.8. The van der Waals surface area contributed by atoms with Gasteiger partial charge < -0.3 is 14.5 Å². The second-order valence-corrected chi connectivity index (χ2v) is 7.67.